The van der Waals surface area contributed by atoms with E-state index >= 15 is 0 Å². The molecule has 2 aromatic rings. The highest BCUT2D eigenvalue weighted by molar-refractivity contribution is 14.1. The fourth-order valence-electron chi connectivity index (χ4n) is 2.28. The topological polar surface area (TPSA) is 55.1 Å². The first-order valence-electron chi connectivity index (χ1n) is 5.62. The number of carbonyl (C=O) groups excluding carboxylic acids is 1. The van der Waals surface area contributed by atoms with Gasteiger partial charge in [0.05, 0.1) is 5.56 Å². The summed E-state index contributed by atoms with van der Waals surface area (Å²) < 4.78 is 0.991. The zero-order valence-corrected chi connectivity index (χ0v) is 11.7. The van der Waals surface area contributed by atoms with Gasteiger partial charge in [0.15, 0.2) is 0 Å². The van der Waals surface area contributed by atoms with Crippen LogP contribution in [0.1, 0.15) is 15.9 Å². The Morgan fingerprint density at radius 1 is 1.22 bits per heavy atom. The van der Waals surface area contributed by atoms with Crippen LogP contribution < -0.4 is 11.1 Å². The molecule has 3 rings (SSSR count). The van der Waals surface area contributed by atoms with Gasteiger partial charge in [0.25, 0.3) is 5.91 Å². The summed E-state index contributed by atoms with van der Waals surface area (Å²) in [6, 6.07) is 11.8. The summed E-state index contributed by atoms with van der Waals surface area (Å²) in [5.41, 5.74) is 10.6. The minimum Gasteiger partial charge on any atom is -0.399 e. The number of hydrogen-bond donors (Lipinski definition) is 2. The summed E-state index contributed by atoms with van der Waals surface area (Å²) in [7, 11) is 0. The molecule has 0 radical (unpaired) electrons. The van der Waals surface area contributed by atoms with Crippen LogP contribution in [0.25, 0.3) is 11.1 Å². The van der Waals surface area contributed by atoms with Crippen LogP contribution >= 0.6 is 22.6 Å². The zero-order chi connectivity index (χ0) is 12.7. The van der Waals surface area contributed by atoms with E-state index in [1.165, 1.54) is 0 Å². The monoisotopic (exact) mass is 350 g/mol. The average Bonchev–Trinajstić information content (AvgIpc) is 2.73. The van der Waals surface area contributed by atoms with E-state index in [0.29, 0.717) is 6.54 Å². The smallest absolute Gasteiger partial charge is 0.252 e. The molecule has 1 aliphatic heterocycles. The minimum absolute atomic E-state index is 0.0140. The molecule has 0 aliphatic carbocycles. The number of anilines is 1. The molecular formula is C14H11IN2O. The first-order valence-corrected chi connectivity index (χ1v) is 6.70. The van der Waals surface area contributed by atoms with Gasteiger partial charge < -0.3 is 11.1 Å². The van der Waals surface area contributed by atoms with Crippen LogP contribution in [0.5, 0.6) is 0 Å². The maximum Gasteiger partial charge on any atom is 0.252 e. The number of fused-ring (bicyclic) bond motifs is 1. The van der Waals surface area contributed by atoms with Gasteiger partial charge in [-0.05, 0) is 57.5 Å². The molecule has 0 atom stereocenters. The van der Waals surface area contributed by atoms with E-state index in [2.05, 4.69) is 34.0 Å². The molecule has 0 fully saturated rings. The number of amides is 1. The Balaban J connectivity index is 2.23. The molecule has 1 amide bonds. The van der Waals surface area contributed by atoms with Crippen LogP contribution in [0.4, 0.5) is 5.69 Å². The van der Waals surface area contributed by atoms with Crippen molar-refractivity contribution in [2.75, 3.05) is 5.73 Å². The van der Waals surface area contributed by atoms with Gasteiger partial charge in [-0.1, -0.05) is 18.2 Å². The summed E-state index contributed by atoms with van der Waals surface area (Å²) >= 11 is 2.20. The Morgan fingerprint density at radius 3 is 2.83 bits per heavy atom. The van der Waals surface area contributed by atoms with Crippen molar-refractivity contribution in [2.45, 2.75) is 6.54 Å². The summed E-state index contributed by atoms with van der Waals surface area (Å²) in [4.78, 5) is 11.8. The van der Waals surface area contributed by atoms with E-state index in [1.807, 2.05) is 30.3 Å². The molecule has 0 spiro atoms. The Labute approximate surface area is 119 Å². The average molecular weight is 350 g/mol. The van der Waals surface area contributed by atoms with Crippen molar-refractivity contribution in [3.63, 3.8) is 0 Å². The van der Waals surface area contributed by atoms with E-state index in [1.54, 1.807) is 0 Å². The number of nitrogens with two attached hydrogens (primary N) is 1. The fourth-order valence-corrected chi connectivity index (χ4v) is 3.03. The van der Waals surface area contributed by atoms with E-state index in [0.717, 1.165) is 31.5 Å². The molecule has 2 aromatic carbocycles. The third-order valence-electron chi connectivity index (χ3n) is 3.11. The molecule has 3 N–H and O–H groups in total. The second-order valence-electron chi connectivity index (χ2n) is 4.26. The largest absolute Gasteiger partial charge is 0.399 e. The summed E-state index contributed by atoms with van der Waals surface area (Å²) in [6.07, 6.45) is 0. The van der Waals surface area contributed by atoms with Crippen molar-refractivity contribution < 1.29 is 4.79 Å². The van der Waals surface area contributed by atoms with Crippen molar-refractivity contribution in [2.24, 2.45) is 0 Å². The molecule has 3 nitrogen and oxygen atoms in total. The standard InChI is InChI=1S/C14H11IN2O/c15-12-5-4-10(8-2-1-3-9(16)6-8)11-7-17-14(18)13(11)12/h1-6H,7,16H2,(H,17,18). The second-order valence-corrected chi connectivity index (χ2v) is 5.42. The van der Waals surface area contributed by atoms with E-state index in [9.17, 15) is 4.79 Å². The summed E-state index contributed by atoms with van der Waals surface area (Å²) in [5.74, 6) is 0.0140. The lowest BCUT2D eigenvalue weighted by Gasteiger charge is -2.09. The van der Waals surface area contributed by atoms with Crippen molar-refractivity contribution in [1.29, 1.82) is 0 Å². The van der Waals surface area contributed by atoms with Crippen LogP contribution in [-0.4, -0.2) is 5.91 Å². The summed E-state index contributed by atoms with van der Waals surface area (Å²) in [5, 5.41) is 2.88. The SMILES string of the molecule is Nc1cccc(-c2ccc(I)c3c2CNC3=O)c1. The lowest BCUT2D eigenvalue weighted by atomic mass is 9.97. The lowest BCUT2D eigenvalue weighted by molar-refractivity contribution is 0.0965. The van der Waals surface area contributed by atoms with Crippen LogP contribution in [-0.2, 0) is 6.54 Å². The number of benzene rings is 2. The van der Waals surface area contributed by atoms with Gasteiger partial charge in [-0.25, -0.2) is 0 Å². The molecule has 0 saturated carbocycles. The molecule has 0 bridgehead atoms. The highest BCUT2D eigenvalue weighted by atomic mass is 127. The first-order chi connectivity index (χ1) is 8.66. The van der Waals surface area contributed by atoms with E-state index in [4.69, 9.17) is 5.73 Å². The highest BCUT2D eigenvalue weighted by Crippen LogP contribution is 2.32. The minimum atomic E-state index is 0.0140. The molecule has 90 valence electrons. The van der Waals surface area contributed by atoms with Gasteiger partial charge >= 0.3 is 0 Å². The zero-order valence-electron chi connectivity index (χ0n) is 9.53. The van der Waals surface area contributed by atoms with Crippen molar-refractivity contribution >= 4 is 34.2 Å². The first kappa shape index (κ1) is 11.5. The van der Waals surface area contributed by atoms with Gasteiger partial charge in [-0.15, -0.1) is 0 Å². The van der Waals surface area contributed by atoms with Crippen LogP contribution in [0.2, 0.25) is 0 Å². The third kappa shape index (κ3) is 1.77. The Hall–Kier alpha value is -1.56. The van der Waals surface area contributed by atoms with Crippen LogP contribution in [0.3, 0.4) is 0 Å². The maximum absolute atomic E-state index is 11.8. The molecule has 18 heavy (non-hydrogen) atoms. The van der Waals surface area contributed by atoms with Crippen molar-refractivity contribution in [3.8, 4) is 11.1 Å². The van der Waals surface area contributed by atoms with Crippen LogP contribution in [0, 0.1) is 3.57 Å². The number of carbonyl (C=O) groups is 1. The van der Waals surface area contributed by atoms with Crippen LogP contribution in [0.15, 0.2) is 36.4 Å². The van der Waals surface area contributed by atoms with Gasteiger partial charge in [0, 0.05) is 15.8 Å². The second kappa shape index (κ2) is 4.28. The third-order valence-corrected chi connectivity index (χ3v) is 4.01. The molecule has 0 unspecified atom stereocenters. The number of rotatable bonds is 1. The lowest BCUT2D eigenvalue weighted by Crippen LogP contribution is -2.13. The van der Waals surface area contributed by atoms with Crippen molar-refractivity contribution in [3.05, 3.63) is 51.1 Å². The Bertz CT molecular complexity index is 652. The number of hydrogen-bond acceptors (Lipinski definition) is 2. The fraction of sp³-hybridized carbons (Fsp3) is 0.0714. The number of halogens is 1. The molecule has 1 heterocycles. The summed E-state index contributed by atoms with van der Waals surface area (Å²) in [6.45, 7) is 0.592. The van der Waals surface area contributed by atoms with Gasteiger partial charge in [0.1, 0.15) is 0 Å². The Morgan fingerprint density at radius 2 is 2.06 bits per heavy atom. The molecular weight excluding hydrogens is 339 g/mol. The number of nitrogens with one attached hydrogen (secondary N) is 1. The van der Waals surface area contributed by atoms with E-state index < -0.39 is 0 Å². The van der Waals surface area contributed by atoms with E-state index in [-0.39, 0.29) is 5.91 Å². The molecule has 1 aliphatic rings. The predicted molar refractivity (Wildman–Crippen MR) is 80.2 cm³/mol. The normalized spacial score (nSPS) is 13.3. The maximum atomic E-state index is 11.8. The molecule has 4 heteroatoms. The quantitative estimate of drug-likeness (QED) is 0.614. The predicted octanol–water partition coefficient (Wildman–Crippen LogP) is 2.78. The van der Waals surface area contributed by atoms with Crippen molar-refractivity contribution in [1.82, 2.24) is 5.32 Å². The number of nitrogen functional groups attached to an aromatic ring is 1. The van der Waals surface area contributed by atoms with Gasteiger partial charge in [-0.2, -0.15) is 0 Å². The molecule has 0 saturated heterocycles. The Kier molecular flexibility index (Phi) is 2.74. The highest BCUT2D eigenvalue weighted by Gasteiger charge is 2.24. The van der Waals surface area contributed by atoms with Gasteiger partial charge in [0.2, 0.25) is 0 Å². The van der Waals surface area contributed by atoms with Gasteiger partial charge in [-0.3, -0.25) is 4.79 Å². The molecule has 0 aromatic heterocycles.